The third-order valence-corrected chi connectivity index (χ3v) is 4.27. The van der Waals surface area contributed by atoms with Crippen LogP contribution in [0.5, 0.6) is 0 Å². The molecule has 2 nitrogen and oxygen atoms in total. The van der Waals surface area contributed by atoms with Gasteiger partial charge in [0.15, 0.2) is 0 Å². The molecule has 0 amide bonds. The lowest BCUT2D eigenvalue weighted by molar-refractivity contribution is 0.393. The molecule has 0 fully saturated rings. The number of nitrogens with one attached hydrogen (secondary N) is 1. The molecule has 0 aliphatic carbocycles. The minimum atomic E-state index is 0.549. The zero-order chi connectivity index (χ0) is 12.1. The monoisotopic (exact) mass is 240 g/mol. The third kappa shape index (κ3) is 4.22. The van der Waals surface area contributed by atoms with Crippen LogP contribution >= 0.6 is 11.3 Å². The number of nitrogens with zero attached hydrogens (tertiary/aromatic N) is 1. The maximum atomic E-state index is 4.43. The second-order valence-corrected chi connectivity index (χ2v) is 6.32. The van der Waals surface area contributed by atoms with E-state index >= 15 is 0 Å². The van der Waals surface area contributed by atoms with Crippen LogP contribution in [0, 0.1) is 11.8 Å². The van der Waals surface area contributed by atoms with E-state index in [1.54, 1.807) is 0 Å². The Balaban J connectivity index is 2.32. The van der Waals surface area contributed by atoms with Crippen molar-refractivity contribution in [3.63, 3.8) is 0 Å². The molecule has 0 bridgehead atoms. The minimum Gasteiger partial charge on any atom is -0.312 e. The molecule has 1 atom stereocenters. The van der Waals surface area contributed by atoms with Gasteiger partial charge in [0.05, 0.1) is 5.01 Å². The number of hydrogen-bond acceptors (Lipinski definition) is 3. The van der Waals surface area contributed by atoms with Crippen molar-refractivity contribution in [1.29, 1.82) is 0 Å². The van der Waals surface area contributed by atoms with Gasteiger partial charge in [-0.05, 0) is 18.4 Å². The topological polar surface area (TPSA) is 24.9 Å². The molecule has 0 aromatic carbocycles. The van der Waals surface area contributed by atoms with E-state index in [4.69, 9.17) is 0 Å². The van der Waals surface area contributed by atoms with E-state index in [2.05, 4.69) is 44.9 Å². The molecular weight excluding hydrogens is 216 g/mol. The lowest BCUT2D eigenvalue weighted by atomic mass is 9.98. The zero-order valence-electron chi connectivity index (χ0n) is 11.1. The van der Waals surface area contributed by atoms with Gasteiger partial charge in [0.2, 0.25) is 0 Å². The van der Waals surface area contributed by atoms with Crippen molar-refractivity contribution in [2.75, 3.05) is 6.54 Å². The molecule has 1 aromatic rings. The Morgan fingerprint density at radius 1 is 1.25 bits per heavy atom. The zero-order valence-corrected chi connectivity index (χ0v) is 11.9. The Kier molecular flexibility index (Phi) is 5.42. The molecule has 1 N–H and O–H groups in total. The van der Waals surface area contributed by atoms with Crippen molar-refractivity contribution in [1.82, 2.24) is 10.3 Å². The maximum absolute atomic E-state index is 4.43. The van der Waals surface area contributed by atoms with Gasteiger partial charge in [-0.2, -0.15) is 0 Å². The van der Waals surface area contributed by atoms with E-state index in [9.17, 15) is 0 Å². The summed E-state index contributed by atoms with van der Waals surface area (Å²) in [6.45, 7) is 13.3. The highest BCUT2D eigenvalue weighted by Crippen LogP contribution is 2.20. The Hall–Kier alpha value is -0.410. The van der Waals surface area contributed by atoms with Crippen LogP contribution in [-0.4, -0.2) is 11.5 Å². The fourth-order valence-electron chi connectivity index (χ4n) is 1.33. The van der Waals surface area contributed by atoms with E-state index in [-0.39, 0.29) is 0 Å². The summed E-state index contributed by atoms with van der Waals surface area (Å²) in [4.78, 5) is 5.77. The molecule has 16 heavy (non-hydrogen) atoms. The van der Waals surface area contributed by atoms with E-state index in [1.165, 1.54) is 9.88 Å². The predicted molar refractivity (Wildman–Crippen MR) is 71.9 cm³/mol. The molecule has 0 saturated heterocycles. The standard InChI is InChI=1S/C13H24N2S/c1-9(2)11(5)6-14-7-12-8-15-13(16-12)10(3)4/h8-11,14H,6-7H2,1-5H3. The van der Waals surface area contributed by atoms with E-state index in [0.29, 0.717) is 5.92 Å². The van der Waals surface area contributed by atoms with Crippen LogP contribution in [0.3, 0.4) is 0 Å². The van der Waals surface area contributed by atoms with E-state index < -0.39 is 0 Å². The van der Waals surface area contributed by atoms with Crippen LogP contribution in [0.15, 0.2) is 6.20 Å². The third-order valence-electron chi connectivity index (χ3n) is 2.97. The van der Waals surface area contributed by atoms with Gasteiger partial charge >= 0.3 is 0 Å². The molecule has 3 heteroatoms. The number of rotatable bonds is 6. The highest BCUT2D eigenvalue weighted by atomic mass is 32.1. The normalized spacial score (nSPS) is 13.7. The highest BCUT2D eigenvalue weighted by Gasteiger charge is 2.08. The van der Waals surface area contributed by atoms with Crippen molar-refractivity contribution in [3.05, 3.63) is 16.1 Å². The van der Waals surface area contributed by atoms with Crippen LogP contribution in [0.2, 0.25) is 0 Å². The maximum Gasteiger partial charge on any atom is 0.0953 e. The number of thiazole rings is 1. The van der Waals surface area contributed by atoms with Gasteiger partial charge in [-0.15, -0.1) is 11.3 Å². The fraction of sp³-hybridized carbons (Fsp3) is 0.769. The molecule has 0 spiro atoms. The van der Waals surface area contributed by atoms with Gasteiger partial charge in [0.25, 0.3) is 0 Å². The largest absolute Gasteiger partial charge is 0.312 e. The van der Waals surface area contributed by atoms with Crippen molar-refractivity contribution in [2.24, 2.45) is 11.8 Å². The smallest absolute Gasteiger partial charge is 0.0953 e. The number of aromatic nitrogens is 1. The second kappa shape index (κ2) is 6.36. The SMILES string of the molecule is CC(C)c1ncc(CNCC(C)C(C)C)s1. The van der Waals surface area contributed by atoms with Gasteiger partial charge in [0, 0.05) is 23.5 Å². The first-order valence-corrected chi connectivity index (χ1v) is 6.97. The number of hydrogen-bond donors (Lipinski definition) is 1. The van der Waals surface area contributed by atoms with Crippen LogP contribution in [0.25, 0.3) is 0 Å². The van der Waals surface area contributed by atoms with Crippen LogP contribution in [-0.2, 0) is 6.54 Å². The van der Waals surface area contributed by atoms with Crippen molar-refractivity contribution >= 4 is 11.3 Å². The van der Waals surface area contributed by atoms with Crippen molar-refractivity contribution < 1.29 is 0 Å². The Morgan fingerprint density at radius 2 is 1.94 bits per heavy atom. The summed E-state index contributed by atoms with van der Waals surface area (Å²) in [5.74, 6) is 2.03. The van der Waals surface area contributed by atoms with Crippen LogP contribution in [0.1, 0.15) is 50.4 Å². The molecule has 1 heterocycles. The van der Waals surface area contributed by atoms with Gasteiger partial charge in [-0.1, -0.05) is 34.6 Å². The Labute approximate surface area is 103 Å². The molecule has 1 aromatic heterocycles. The second-order valence-electron chi connectivity index (χ2n) is 5.17. The quantitative estimate of drug-likeness (QED) is 0.821. The minimum absolute atomic E-state index is 0.549. The van der Waals surface area contributed by atoms with Crippen LogP contribution in [0.4, 0.5) is 0 Å². The molecule has 1 unspecified atom stereocenters. The first-order valence-electron chi connectivity index (χ1n) is 6.16. The van der Waals surface area contributed by atoms with E-state index in [0.717, 1.165) is 24.9 Å². The van der Waals surface area contributed by atoms with Crippen molar-refractivity contribution in [2.45, 2.75) is 47.1 Å². The molecular formula is C13H24N2S. The first-order chi connectivity index (χ1) is 7.50. The lowest BCUT2D eigenvalue weighted by Crippen LogP contribution is -2.23. The summed E-state index contributed by atoms with van der Waals surface area (Å²) in [6.07, 6.45) is 2.01. The summed E-state index contributed by atoms with van der Waals surface area (Å²) in [5.41, 5.74) is 0. The summed E-state index contributed by atoms with van der Waals surface area (Å²) < 4.78 is 0. The average molecular weight is 240 g/mol. The lowest BCUT2D eigenvalue weighted by Gasteiger charge is -2.15. The highest BCUT2D eigenvalue weighted by molar-refractivity contribution is 7.11. The van der Waals surface area contributed by atoms with Gasteiger partial charge < -0.3 is 5.32 Å². The summed E-state index contributed by atoms with van der Waals surface area (Å²) >= 11 is 1.83. The molecule has 0 radical (unpaired) electrons. The predicted octanol–water partition coefficient (Wildman–Crippen LogP) is 3.65. The first kappa shape index (κ1) is 13.7. The van der Waals surface area contributed by atoms with E-state index in [1.807, 2.05) is 17.5 Å². The molecule has 0 aliphatic rings. The Bertz CT molecular complexity index is 305. The summed E-state index contributed by atoms with van der Waals surface area (Å²) in [5, 5.41) is 4.75. The Morgan fingerprint density at radius 3 is 2.44 bits per heavy atom. The molecule has 92 valence electrons. The summed E-state index contributed by atoms with van der Waals surface area (Å²) in [6, 6.07) is 0. The molecule has 0 saturated carbocycles. The van der Waals surface area contributed by atoms with Gasteiger partial charge in [-0.25, -0.2) is 4.98 Å². The van der Waals surface area contributed by atoms with Gasteiger partial charge in [-0.3, -0.25) is 0 Å². The molecule has 1 rings (SSSR count). The van der Waals surface area contributed by atoms with Gasteiger partial charge in [0.1, 0.15) is 0 Å². The van der Waals surface area contributed by atoms with Crippen LogP contribution < -0.4 is 5.32 Å². The fourth-order valence-corrected chi connectivity index (χ4v) is 2.22. The summed E-state index contributed by atoms with van der Waals surface area (Å²) in [7, 11) is 0. The average Bonchev–Trinajstić information content (AvgIpc) is 2.66. The van der Waals surface area contributed by atoms with Crippen molar-refractivity contribution in [3.8, 4) is 0 Å². The molecule has 0 aliphatic heterocycles.